The van der Waals surface area contributed by atoms with E-state index in [1.807, 2.05) is 121 Å². The number of hydrogen-bond donors (Lipinski definition) is 0. The van der Waals surface area contributed by atoms with Crippen molar-refractivity contribution in [1.82, 2.24) is 30.0 Å². The minimum Gasteiger partial charge on any atom is -0.497 e. The third-order valence-corrected chi connectivity index (χ3v) is 9.42. The minimum atomic E-state index is 0.752. The standard InChI is InChI=1S/C45H38N6O4/c1-52-38-21-9-32(10-22-38)42-43(33-11-23-39(53-2)24-12-33)47-50(46-42)36-17-5-30(6-18-36)29-31-7-19-37(20-8-31)51-48-44(34-13-25-40(54-3)26-14-34)45(49-51)35-15-27-41(55-4)28-16-35/h5-28H,29H2,1-4H3. The second kappa shape index (κ2) is 15.4. The number of rotatable bonds is 12. The molecule has 10 nitrogen and oxygen atoms in total. The molecule has 0 aliphatic heterocycles. The van der Waals surface area contributed by atoms with E-state index in [1.54, 1.807) is 38.0 Å². The molecule has 10 heteroatoms. The van der Waals surface area contributed by atoms with E-state index in [1.165, 1.54) is 0 Å². The number of benzene rings is 6. The zero-order valence-electron chi connectivity index (χ0n) is 30.9. The Morgan fingerprint density at radius 1 is 0.327 bits per heavy atom. The quantitative estimate of drug-likeness (QED) is 0.123. The smallest absolute Gasteiger partial charge is 0.121 e. The average molecular weight is 727 g/mol. The van der Waals surface area contributed by atoms with Crippen LogP contribution in [0.15, 0.2) is 146 Å². The summed E-state index contributed by atoms with van der Waals surface area (Å²) in [5.74, 6) is 3.12. The molecule has 0 radical (unpaired) electrons. The molecule has 8 aromatic rings. The van der Waals surface area contributed by atoms with Gasteiger partial charge in [-0.05, 0) is 139 Å². The summed E-state index contributed by atoms with van der Waals surface area (Å²) in [6.45, 7) is 0. The molecule has 272 valence electrons. The van der Waals surface area contributed by atoms with Crippen molar-refractivity contribution >= 4 is 0 Å². The van der Waals surface area contributed by atoms with Gasteiger partial charge in [0.1, 0.15) is 45.8 Å². The first-order valence-electron chi connectivity index (χ1n) is 17.7. The zero-order valence-corrected chi connectivity index (χ0v) is 30.9. The molecule has 2 aromatic heterocycles. The topological polar surface area (TPSA) is 98.3 Å². The average Bonchev–Trinajstić information content (AvgIpc) is 3.91. The van der Waals surface area contributed by atoms with E-state index in [9.17, 15) is 0 Å². The lowest BCUT2D eigenvalue weighted by atomic mass is 10.0. The van der Waals surface area contributed by atoms with E-state index in [0.717, 1.165) is 97.0 Å². The number of hydrogen-bond acceptors (Lipinski definition) is 8. The van der Waals surface area contributed by atoms with Crippen molar-refractivity contribution in [2.45, 2.75) is 6.42 Å². The van der Waals surface area contributed by atoms with Gasteiger partial charge in [-0.15, -0.1) is 20.4 Å². The third-order valence-electron chi connectivity index (χ3n) is 9.42. The van der Waals surface area contributed by atoms with Crippen molar-refractivity contribution in [3.05, 3.63) is 157 Å². The molecule has 0 bridgehead atoms. The summed E-state index contributed by atoms with van der Waals surface area (Å²) >= 11 is 0. The van der Waals surface area contributed by atoms with Crippen LogP contribution >= 0.6 is 0 Å². The van der Waals surface area contributed by atoms with Crippen LogP contribution in [0.2, 0.25) is 0 Å². The van der Waals surface area contributed by atoms with Crippen LogP contribution in [0.5, 0.6) is 23.0 Å². The lowest BCUT2D eigenvalue weighted by Gasteiger charge is -2.06. The van der Waals surface area contributed by atoms with Gasteiger partial charge in [0.15, 0.2) is 0 Å². The highest BCUT2D eigenvalue weighted by molar-refractivity contribution is 5.79. The van der Waals surface area contributed by atoms with E-state index < -0.39 is 0 Å². The number of ether oxygens (including phenoxy) is 4. The van der Waals surface area contributed by atoms with E-state index in [0.29, 0.717) is 0 Å². The Labute approximate surface area is 319 Å². The van der Waals surface area contributed by atoms with Gasteiger partial charge in [-0.1, -0.05) is 24.3 Å². The van der Waals surface area contributed by atoms with Gasteiger partial charge in [-0.3, -0.25) is 0 Å². The van der Waals surface area contributed by atoms with Gasteiger partial charge in [0.25, 0.3) is 0 Å². The fourth-order valence-electron chi connectivity index (χ4n) is 6.35. The Kier molecular flexibility index (Phi) is 9.77. The highest BCUT2D eigenvalue weighted by Gasteiger charge is 2.18. The van der Waals surface area contributed by atoms with Crippen LogP contribution < -0.4 is 18.9 Å². The molecule has 0 aliphatic rings. The predicted octanol–water partition coefficient (Wildman–Crippen LogP) is 9.14. The van der Waals surface area contributed by atoms with E-state index in [-0.39, 0.29) is 0 Å². The molecule has 6 aromatic carbocycles. The van der Waals surface area contributed by atoms with Crippen molar-refractivity contribution in [2.75, 3.05) is 28.4 Å². The SMILES string of the molecule is COc1ccc(-c2nn(-c3ccc(Cc4ccc(-n5nc(-c6ccc(OC)cc6)c(-c6ccc(OC)cc6)n5)cc4)cc3)nc2-c2ccc(OC)cc2)cc1. The largest absolute Gasteiger partial charge is 0.497 e. The predicted molar refractivity (Wildman–Crippen MR) is 213 cm³/mol. The molecular weight excluding hydrogens is 689 g/mol. The first kappa shape index (κ1) is 34.9. The van der Waals surface area contributed by atoms with Gasteiger partial charge in [0.2, 0.25) is 0 Å². The summed E-state index contributed by atoms with van der Waals surface area (Å²) in [5.41, 5.74) is 10.9. The van der Waals surface area contributed by atoms with Crippen molar-refractivity contribution in [1.29, 1.82) is 0 Å². The summed E-state index contributed by atoms with van der Waals surface area (Å²) in [6.07, 6.45) is 0.752. The minimum absolute atomic E-state index is 0.752. The van der Waals surface area contributed by atoms with E-state index >= 15 is 0 Å². The van der Waals surface area contributed by atoms with Crippen molar-refractivity contribution < 1.29 is 18.9 Å². The molecule has 8 rings (SSSR count). The van der Waals surface area contributed by atoms with Crippen LogP contribution in [0.1, 0.15) is 11.1 Å². The second-order valence-corrected chi connectivity index (χ2v) is 12.8. The highest BCUT2D eigenvalue weighted by atomic mass is 16.5. The van der Waals surface area contributed by atoms with Crippen LogP contribution in [0, 0.1) is 0 Å². The summed E-state index contributed by atoms with van der Waals surface area (Å²) in [7, 11) is 6.63. The summed E-state index contributed by atoms with van der Waals surface area (Å²) in [5, 5.41) is 19.8. The number of nitrogens with zero attached hydrogens (tertiary/aromatic N) is 6. The molecular formula is C45H38N6O4. The summed E-state index contributed by atoms with van der Waals surface area (Å²) in [4.78, 5) is 3.38. The third kappa shape index (κ3) is 7.38. The fourth-order valence-corrected chi connectivity index (χ4v) is 6.35. The van der Waals surface area contributed by atoms with Gasteiger partial charge in [-0.25, -0.2) is 0 Å². The van der Waals surface area contributed by atoms with Crippen LogP contribution in [-0.4, -0.2) is 58.4 Å². The van der Waals surface area contributed by atoms with Crippen molar-refractivity contribution in [3.8, 4) is 79.4 Å². The van der Waals surface area contributed by atoms with Gasteiger partial charge in [0.05, 0.1) is 39.8 Å². The molecule has 0 spiro atoms. The van der Waals surface area contributed by atoms with E-state index in [4.69, 9.17) is 39.3 Å². The Bertz CT molecular complexity index is 2200. The fraction of sp³-hybridized carbons (Fsp3) is 0.111. The molecule has 2 heterocycles. The summed E-state index contributed by atoms with van der Waals surface area (Å²) in [6, 6.07) is 48.1. The van der Waals surface area contributed by atoms with Crippen LogP contribution in [0.4, 0.5) is 0 Å². The Balaban J connectivity index is 1.03. The molecule has 0 unspecified atom stereocenters. The number of methoxy groups -OCH3 is 4. The first-order valence-corrected chi connectivity index (χ1v) is 17.7. The van der Waals surface area contributed by atoms with Gasteiger partial charge >= 0.3 is 0 Å². The monoisotopic (exact) mass is 726 g/mol. The van der Waals surface area contributed by atoms with Crippen LogP contribution in [-0.2, 0) is 6.42 Å². The Morgan fingerprint density at radius 3 is 0.782 bits per heavy atom. The molecule has 55 heavy (non-hydrogen) atoms. The second-order valence-electron chi connectivity index (χ2n) is 12.8. The summed E-state index contributed by atoms with van der Waals surface area (Å²) < 4.78 is 21.5. The molecule has 0 saturated heterocycles. The molecule has 0 amide bonds. The van der Waals surface area contributed by atoms with E-state index in [2.05, 4.69) is 24.3 Å². The van der Waals surface area contributed by atoms with Gasteiger partial charge in [0, 0.05) is 22.3 Å². The van der Waals surface area contributed by atoms with Crippen LogP contribution in [0.25, 0.3) is 56.4 Å². The molecule has 0 saturated carbocycles. The maximum absolute atomic E-state index is 5.38. The lowest BCUT2D eigenvalue weighted by molar-refractivity contribution is 0.414. The van der Waals surface area contributed by atoms with Gasteiger partial charge < -0.3 is 18.9 Å². The Morgan fingerprint density at radius 2 is 0.564 bits per heavy atom. The maximum Gasteiger partial charge on any atom is 0.121 e. The lowest BCUT2D eigenvalue weighted by Crippen LogP contribution is -2.00. The van der Waals surface area contributed by atoms with Crippen molar-refractivity contribution in [3.63, 3.8) is 0 Å². The highest BCUT2D eigenvalue weighted by Crippen LogP contribution is 2.34. The first-order chi connectivity index (χ1) is 27.0. The zero-order chi connectivity index (χ0) is 37.7. The molecule has 0 aliphatic carbocycles. The number of aromatic nitrogens is 6. The Hall–Kier alpha value is -7.20. The van der Waals surface area contributed by atoms with Crippen molar-refractivity contribution in [2.24, 2.45) is 0 Å². The maximum atomic E-state index is 5.38. The molecule has 0 fully saturated rings. The molecule has 0 atom stereocenters. The normalized spacial score (nSPS) is 11.0. The molecule has 0 N–H and O–H groups in total. The van der Waals surface area contributed by atoms with Crippen LogP contribution in [0.3, 0.4) is 0 Å². The van der Waals surface area contributed by atoms with Gasteiger partial charge in [-0.2, -0.15) is 9.59 Å².